The molecule has 2 atom stereocenters. The van der Waals surface area contributed by atoms with Crippen LogP contribution in [0.25, 0.3) is 5.69 Å². The van der Waals surface area contributed by atoms with Crippen molar-refractivity contribution in [3.63, 3.8) is 0 Å². The van der Waals surface area contributed by atoms with E-state index in [9.17, 15) is 9.59 Å². The largest absolute Gasteiger partial charge is 0.493 e. The number of methoxy groups -OCH3 is 3. The van der Waals surface area contributed by atoms with Crippen LogP contribution >= 0.6 is 11.6 Å². The van der Waals surface area contributed by atoms with Gasteiger partial charge in [-0.2, -0.15) is 0 Å². The highest BCUT2D eigenvalue weighted by Gasteiger charge is 2.35. The molecule has 1 saturated heterocycles. The van der Waals surface area contributed by atoms with E-state index in [1.165, 1.54) is 0 Å². The Bertz CT molecular complexity index is 1430. The van der Waals surface area contributed by atoms with Crippen LogP contribution in [0.3, 0.4) is 0 Å². The van der Waals surface area contributed by atoms with E-state index in [4.69, 9.17) is 35.7 Å². The van der Waals surface area contributed by atoms with Gasteiger partial charge >= 0.3 is 5.97 Å². The average Bonchev–Trinajstić information content (AvgIpc) is 3.34. The fraction of sp³-hybridized carbons (Fsp3) is 0.438. The van der Waals surface area contributed by atoms with Crippen LogP contribution in [0, 0.1) is 5.92 Å². The molecule has 1 aromatic heterocycles. The zero-order valence-electron chi connectivity index (χ0n) is 24.2. The van der Waals surface area contributed by atoms with Gasteiger partial charge in [-0.3, -0.25) is 9.59 Å². The zero-order chi connectivity index (χ0) is 29.8. The highest BCUT2D eigenvalue weighted by atomic mass is 35.5. The maximum absolute atomic E-state index is 13.3. The van der Waals surface area contributed by atoms with E-state index in [-0.39, 0.29) is 24.7 Å². The van der Waals surface area contributed by atoms with Crippen molar-refractivity contribution in [3.05, 3.63) is 76.1 Å². The second-order valence-electron chi connectivity index (χ2n) is 10.8. The van der Waals surface area contributed by atoms with E-state index in [1.54, 1.807) is 21.3 Å². The Hall–Kier alpha value is -3.53. The van der Waals surface area contributed by atoms with Gasteiger partial charge in [0.15, 0.2) is 11.5 Å². The molecule has 9 nitrogen and oxygen atoms in total. The topological polar surface area (TPSA) is 99.5 Å². The number of piperidine rings is 1. The van der Waals surface area contributed by atoms with E-state index in [2.05, 4.69) is 4.57 Å². The van der Waals surface area contributed by atoms with Gasteiger partial charge in [-0.25, -0.2) is 0 Å². The number of fused-ring (bicyclic) bond motifs is 3. The standard InChI is InChI=1S/C32H37ClN2O7/c1-39-19-22-8-10-26-27(11-12-29(36)34-15-13-20(14-16-34)17-30(37)38)42-31(23-5-4-6-28(40-2)32(23)41-3)24-18-21(33)7-9-25(24)35(22)26/h4-10,18,20,27,31H,11-17,19H2,1-3H3,(H,37,38)/t27-,31-/m1/s1. The molecule has 0 aliphatic carbocycles. The van der Waals surface area contributed by atoms with Crippen molar-refractivity contribution in [2.45, 2.75) is 50.9 Å². The number of likely N-dealkylation sites (tertiary alicyclic amines) is 1. The van der Waals surface area contributed by atoms with Gasteiger partial charge in [-0.1, -0.05) is 23.7 Å². The predicted octanol–water partition coefficient (Wildman–Crippen LogP) is 5.95. The number of para-hydroxylation sites is 1. The Morgan fingerprint density at radius 2 is 1.81 bits per heavy atom. The Balaban J connectivity index is 1.49. The molecule has 2 aromatic carbocycles. The molecule has 42 heavy (non-hydrogen) atoms. The lowest BCUT2D eigenvalue weighted by atomic mass is 9.93. The molecule has 0 saturated carbocycles. The smallest absolute Gasteiger partial charge is 0.303 e. The molecule has 224 valence electrons. The number of carbonyl (C=O) groups excluding carboxylic acids is 1. The number of benzene rings is 2. The highest BCUT2D eigenvalue weighted by molar-refractivity contribution is 6.30. The number of carboxylic acid groups (broad SMARTS) is 1. The Morgan fingerprint density at radius 1 is 1.02 bits per heavy atom. The lowest BCUT2D eigenvalue weighted by Gasteiger charge is -2.32. The van der Waals surface area contributed by atoms with Crippen LogP contribution < -0.4 is 9.47 Å². The van der Waals surface area contributed by atoms with E-state index in [0.717, 1.165) is 28.2 Å². The maximum atomic E-state index is 13.3. The maximum Gasteiger partial charge on any atom is 0.303 e. The number of nitrogens with zero attached hydrogens (tertiary/aromatic N) is 2. The summed E-state index contributed by atoms with van der Waals surface area (Å²) in [5, 5.41) is 9.70. The number of rotatable bonds is 10. The summed E-state index contributed by atoms with van der Waals surface area (Å²) in [4.78, 5) is 26.3. The summed E-state index contributed by atoms with van der Waals surface area (Å²) in [7, 11) is 4.87. The van der Waals surface area contributed by atoms with Crippen molar-refractivity contribution < 1.29 is 33.6 Å². The van der Waals surface area contributed by atoms with Gasteiger partial charge in [-0.15, -0.1) is 0 Å². The van der Waals surface area contributed by atoms with Gasteiger partial charge in [0, 0.05) is 54.9 Å². The number of carbonyl (C=O) groups is 2. The molecule has 0 bridgehead atoms. The third kappa shape index (κ3) is 6.14. The summed E-state index contributed by atoms with van der Waals surface area (Å²) in [5.41, 5.74) is 4.43. The lowest BCUT2D eigenvalue weighted by Crippen LogP contribution is -2.39. The number of hydrogen-bond donors (Lipinski definition) is 1. The Morgan fingerprint density at radius 3 is 2.50 bits per heavy atom. The molecule has 3 heterocycles. The number of hydrogen-bond acceptors (Lipinski definition) is 6. The fourth-order valence-corrected chi connectivity index (χ4v) is 6.35. The summed E-state index contributed by atoms with van der Waals surface area (Å²) in [5.74, 6) is 0.527. The van der Waals surface area contributed by atoms with E-state index in [0.29, 0.717) is 55.5 Å². The Kier molecular flexibility index (Phi) is 9.40. The molecule has 10 heteroatoms. The third-order valence-corrected chi connectivity index (χ3v) is 8.43. The van der Waals surface area contributed by atoms with Crippen LogP contribution in [0.2, 0.25) is 5.02 Å². The lowest BCUT2D eigenvalue weighted by molar-refractivity contribution is -0.138. The number of amides is 1. The van der Waals surface area contributed by atoms with Crippen molar-refractivity contribution in [2.24, 2.45) is 5.92 Å². The van der Waals surface area contributed by atoms with Crippen LogP contribution in [-0.2, 0) is 25.7 Å². The second-order valence-corrected chi connectivity index (χ2v) is 11.2. The molecule has 0 spiro atoms. The van der Waals surface area contributed by atoms with Crippen LogP contribution in [-0.4, -0.2) is 60.9 Å². The highest BCUT2D eigenvalue weighted by Crippen LogP contribution is 2.47. The SMILES string of the molecule is COCc1ccc2n1-c1ccc(Cl)cc1[C@@H](c1cccc(OC)c1OC)O[C@@H]2CCC(=O)N1CCC(CC(=O)O)CC1. The summed E-state index contributed by atoms with van der Waals surface area (Å²) in [6, 6.07) is 15.5. The quantitative estimate of drug-likeness (QED) is 0.309. The van der Waals surface area contributed by atoms with Crippen molar-refractivity contribution in [1.82, 2.24) is 9.47 Å². The first-order valence-electron chi connectivity index (χ1n) is 14.2. The van der Waals surface area contributed by atoms with Gasteiger partial charge < -0.3 is 33.5 Å². The van der Waals surface area contributed by atoms with Crippen LogP contribution in [0.1, 0.15) is 66.8 Å². The first-order valence-corrected chi connectivity index (χ1v) is 14.6. The van der Waals surface area contributed by atoms with Gasteiger partial charge in [0.1, 0.15) is 6.10 Å². The molecular weight excluding hydrogens is 560 g/mol. The van der Waals surface area contributed by atoms with Gasteiger partial charge in [-0.05, 0) is 61.6 Å². The first-order chi connectivity index (χ1) is 20.3. The Labute approximate surface area is 250 Å². The monoisotopic (exact) mass is 596 g/mol. The van der Waals surface area contributed by atoms with E-state index in [1.807, 2.05) is 53.4 Å². The van der Waals surface area contributed by atoms with Gasteiger partial charge in [0.05, 0.1) is 38.3 Å². The predicted molar refractivity (Wildman–Crippen MR) is 157 cm³/mol. The number of aliphatic carboxylic acids is 1. The summed E-state index contributed by atoms with van der Waals surface area (Å²) >= 11 is 6.55. The summed E-state index contributed by atoms with van der Waals surface area (Å²) in [6.45, 7) is 1.54. The van der Waals surface area contributed by atoms with E-state index < -0.39 is 18.2 Å². The second kappa shape index (κ2) is 13.2. The third-order valence-electron chi connectivity index (χ3n) is 8.19. The molecule has 0 unspecified atom stereocenters. The minimum Gasteiger partial charge on any atom is -0.493 e. The summed E-state index contributed by atoms with van der Waals surface area (Å²) < 4.78 is 26.0. The fourth-order valence-electron chi connectivity index (χ4n) is 6.17. The van der Waals surface area contributed by atoms with Crippen LogP contribution in [0.15, 0.2) is 48.5 Å². The number of ether oxygens (including phenoxy) is 4. The van der Waals surface area contributed by atoms with E-state index >= 15 is 0 Å². The zero-order valence-corrected chi connectivity index (χ0v) is 24.9. The number of aromatic nitrogens is 1. The van der Waals surface area contributed by atoms with Gasteiger partial charge in [0.2, 0.25) is 5.91 Å². The average molecular weight is 597 g/mol. The summed E-state index contributed by atoms with van der Waals surface area (Å²) in [6.07, 6.45) is 1.30. The normalized spacial score (nSPS) is 18.6. The van der Waals surface area contributed by atoms with Crippen LogP contribution in [0.5, 0.6) is 11.5 Å². The van der Waals surface area contributed by atoms with Crippen LogP contribution in [0.4, 0.5) is 0 Å². The minimum atomic E-state index is -0.786. The van der Waals surface area contributed by atoms with Crippen molar-refractivity contribution in [1.29, 1.82) is 0 Å². The molecule has 1 N–H and O–H groups in total. The molecule has 2 aliphatic rings. The molecular formula is C32H37ClN2O7. The molecule has 0 radical (unpaired) electrons. The van der Waals surface area contributed by atoms with Crippen molar-refractivity contribution >= 4 is 23.5 Å². The first kappa shape index (κ1) is 29.9. The molecule has 1 amide bonds. The molecule has 3 aromatic rings. The molecule has 2 aliphatic heterocycles. The van der Waals surface area contributed by atoms with Gasteiger partial charge in [0.25, 0.3) is 0 Å². The number of halogens is 1. The minimum absolute atomic E-state index is 0.0444. The molecule has 5 rings (SSSR count). The molecule has 1 fully saturated rings. The van der Waals surface area contributed by atoms with Crippen molar-refractivity contribution in [2.75, 3.05) is 34.4 Å². The van der Waals surface area contributed by atoms with Crippen molar-refractivity contribution in [3.8, 4) is 17.2 Å². The number of carboxylic acids is 1.